The maximum atomic E-state index is 15.1. The van der Waals surface area contributed by atoms with Gasteiger partial charge in [0, 0.05) is 36.3 Å². The average molecular weight is 441 g/mol. The molecule has 0 N–H and O–H groups in total. The summed E-state index contributed by atoms with van der Waals surface area (Å²) in [5.41, 5.74) is 5.27. The van der Waals surface area contributed by atoms with E-state index in [9.17, 15) is 0 Å². The summed E-state index contributed by atoms with van der Waals surface area (Å²) in [6.07, 6.45) is 0.857. The van der Waals surface area contributed by atoms with E-state index in [1.165, 1.54) is 11.1 Å². The van der Waals surface area contributed by atoms with Gasteiger partial charge in [0.05, 0.1) is 5.02 Å². The molecular weight excluding hydrogens is 407 g/mol. The fraction of sp³-hybridized carbons (Fsp3) is 0.444. The molecule has 0 saturated heterocycles. The van der Waals surface area contributed by atoms with Crippen molar-refractivity contribution in [1.82, 2.24) is 4.90 Å². The lowest BCUT2D eigenvalue weighted by Gasteiger charge is -2.38. The van der Waals surface area contributed by atoms with Crippen molar-refractivity contribution in [2.45, 2.75) is 53.5 Å². The minimum atomic E-state index is -0.306. The molecule has 1 aliphatic heterocycles. The molecule has 0 bridgehead atoms. The zero-order valence-electron chi connectivity index (χ0n) is 19.5. The van der Waals surface area contributed by atoms with Crippen molar-refractivity contribution in [3.05, 3.63) is 81.8 Å². The van der Waals surface area contributed by atoms with Crippen LogP contribution in [0.2, 0.25) is 5.02 Å². The third-order valence-corrected chi connectivity index (χ3v) is 6.61. The summed E-state index contributed by atoms with van der Waals surface area (Å²) in [4.78, 5) is 7.19. The van der Waals surface area contributed by atoms with E-state index in [0.29, 0.717) is 5.56 Å². The highest BCUT2D eigenvalue weighted by Crippen LogP contribution is 2.45. The van der Waals surface area contributed by atoms with Gasteiger partial charge in [-0.2, -0.15) is 0 Å². The lowest BCUT2D eigenvalue weighted by molar-refractivity contribution is 0.199. The van der Waals surface area contributed by atoms with E-state index in [2.05, 4.69) is 63.9 Å². The SMILES string of the molecule is CC1=NC(C)=C(CC(C)(C)CN(C)Cc2ccccc2)C(c2cccc(Cl)c2F)C1C. The van der Waals surface area contributed by atoms with Gasteiger partial charge in [0.15, 0.2) is 0 Å². The summed E-state index contributed by atoms with van der Waals surface area (Å²) >= 11 is 6.15. The number of rotatable bonds is 7. The Kier molecular flexibility index (Phi) is 7.39. The van der Waals surface area contributed by atoms with Crippen LogP contribution in [0.3, 0.4) is 0 Å². The summed E-state index contributed by atoms with van der Waals surface area (Å²) < 4.78 is 15.1. The van der Waals surface area contributed by atoms with Crippen molar-refractivity contribution in [2.24, 2.45) is 16.3 Å². The van der Waals surface area contributed by atoms with Gasteiger partial charge in [-0.05, 0) is 55.5 Å². The molecule has 0 fully saturated rings. The largest absolute Gasteiger partial charge is 0.302 e. The van der Waals surface area contributed by atoms with Crippen LogP contribution in [0, 0.1) is 17.2 Å². The normalized spacial score (nSPS) is 19.7. The zero-order chi connectivity index (χ0) is 22.8. The molecular formula is C27H34ClFN2. The number of allylic oxidation sites excluding steroid dienone is 2. The topological polar surface area (TPSA) is 15.6 Å². The highest BCUT2D eigenvalue weighted by Gasteiger charge is 2.35. The monoisotopic (exact) mass is 440 g/mol. The van der Waals surface area contributed by atoms with E-state index in [4.69, 9.17) is 16.6 Å². The fourth-order valence-corrected chi connectivity index (χ4v) is 5.10. The minimum absolute atomic E-state index is 0.00785. The number of benzene rings is 2. The summed E-state index contributed by atoms with van der Waals surface area (Å²) in [6, 6.07) is 15.9. The maximum Gasteiger partial charge on any atom is 0.145 e. The van der Waals surface area contributed by atoms with E-state index in [1.807, 2.05) is 25.1 Å². The number of hydrogen-bond donors (Lipinski definition) is 0. The molecule has 2 aromatic rings. The second kappa shape index (κ2) is 9.67. The Balaban J connectivity index is 1.86. The molecule has 0 amide bonds. The number of aliphatic imine (C=N–C) groups is 1. The second-order valence-electron chi connectivity index (χ2n) is 9.77. The van der Waals surface area contributed by atoms with Crippen LogP contribution in [0.4, 0.5) is 4.39 Å². The summed E-state index contributed by atoms with van der Waals surface area (Å²) in [6.45, 7) is 12.7. The Morgan fingerprint density at radius 2 is 1.74 bits per heavy atom. The van der Waals surface area contributed by atoms with Crippen LogP contribution in [-0.2, 0) is 6.54 Å². The first-order valence-electron chi connectivity index (χ1n) is 11.0. The molecule has 2 nitrogen and oxygen atoms in total. The quantitative estimate of drug-likeness (QED) is 0.435. The van der Waals surface area contributed by atoms with E-state index in [1.54, 1.807) is 6.07 Å². The van der Waals surface area contributed by atoms with Crippen molar-refractivity contribution in [1.29, 1.82) is 0 Å². The Bertz CT molecular complexity index is 978. The van der Waals surface area contributed by atoms with Crippen LogP contribution in [-0.4, -0.2) is 24.2 Å². The first kappa shape index (κ1) is 23.7. The van der Waals surface area contributed by atoms with E-state index in [-0.39, 0.29) is 28.1 Å². The molecule has 3 rings (SSSR count). The molecule has 0 radical (unpaired) electrons. The summed E-state index contributed by atoms with van der Waals surface area (Å²) in [5, 5.41) is 0.184. The lowest BCUT2D eigenvalue weighted by Crippen LogP contribution is -2.34. The van der Waals surface area contributed by atoms with E-state index >= 15 is 4.39 Å². The van der Waals surface area contributed by atoms with Crippen LogP contribution in [0.15, 0.2) is 64.8 Å². The predicted molar refractivity (Wildman–Crippen MR) is 130 cm³/mol. The Morgan fingerprint density at radius 1 is 1.06 bits per heavy atom. The molecule has 2 unspecified atom stereocenters. The maximum absolute atomic E-state index is 15.1. The molecule has 4 heteroatoms. The smallest absolute Gasteiger partial charge is 0.145 e. The van der Waals surface area contributed by atoms with Crippen LogP contribution < -0.4 is 0 Å². The Hall–Kier alpha value is -1.97. The van der Waals surface area contributed by atoms with Crippen molar-refractivity contribution in [3.63, 3.8) is 0 Å². The molecule has 1 heterocycles. The zero-order valence-corrected chi connectivity index (χ0v) is 20.3. The molecule has 0 saturated carbocycles. The standard InChI is InChI=1S/C27H34ClFN2/c1-18-19(2)30-20(3)23(25(18)22-13-10-14-24(28)26(22)29)15-27(4,5)17-31(6)16-21-11-8-7-9-12-21/h7-14,18,25H,15-17H2,1-6H3. The highest BCUT2D eigenvalue weighted by molar-refractivity contribution is 6.30. The summed E-state index contributed by atoms with van der Waals surface area (Å²) in [5.74, 6) is -0.223. The molecule has 2 atom stereocenters. The molecule has 0 aliphatic carbocycles. The van der Waals surface area contributed by atoms with E-state index in [0.717, 1.165) is 30.9 Å². The molecule has 1 aliphatic rings. The van der Waals surface area contributed by atoms with Gasteiger partial charge in [-0.3, -0.25) is 4.99 Å². The molecule has 0 spiro atoms. The Morgan fingerprint density at radius 3 is 2.42 bits per heavy atom. The third kappa shape index (κ3) is 5.64. The highest BCUT2D eigenvalue weighted by atomic mass is 35.5. The molecule has 166 valence electrons. The molecule has 2 aromatic carbocycles. The predicted octanol–water partition coefficient (Wildman–Crippen LogP) is 7.50. The van der Waals surface area contributed by atoms with Gasteiger partial charge in [0.25, 0.3) is 0 Å². The molecule has 31 heavy (non-hydrogen) atoms. The van der Waals surface area contributed by atoms with Crippen molar-refractivity contribution in [3.8, 4) is 0 Å². The fourth-order valence-electron chi connectivity index (χ4n) is 4.91. The van der Waals surface area contributed by atoms with Gasteiger partial charge in [-0.15, -0.1) is 0 Å². The van der Waals surface area contributed by atoms with Gasteiger partial charge in [-0.1, -0.05) is 74.8 Å². The van der Waals surface area contributed by atoms with Crippen molar-refractivity contribution in [2.75, 3.05) is 13.6 Å². The first-order chi connectivity index (χ1) is 14.6. The average Bonchev–Trinajstić information content (AvgIpc) is 2.69. The van der Waals surface area contributed by atoms with Crippen LogP contribution in [0.5, 0.6) is 0 Å². The lowest BCUT2D eigenvalue weighted by atomic mass is 9.71. The van der Waals surface area contributed by atoms with Crippen molar-refractivity contribution >= 4 is 17.3 Å². The number of nitrogens with zero attached hydrogens (tertiary/aromatic N) is 2. The van der Waals surface area contributed by atoms with Crippen LogP contribution in [0.1, 0.15) is 58.1 Å². The second-order valence-corrected chi connectivity index (χ2v) is 10.2. The number of halogens is 2. The summed E-state index contributed by atoms with van der Waals surface area (Å²) in [7, 11) is 2.16. The minimum Gasteiger partial charge on any atom is -0.302 e. The van der Waals surface area contributed by atoms with Crippen LogP contribution >= 0.6 is 11.6 Å². The Labute approximate surface area is 191 Å². The van der Waals surface area contributed by atoms with Crippen molar-refractivity contribution < 1.29 is 4.39 Å². The number of hydrogen-bond acceptors (Lipinski definition) is 2. The van der Waals surface area contributed by atoms with Crippen LogP contribution in [0.25, 0.3) is 0 Å². The van der Waals surface area contributed by atoms with Gasteiger partial charge in [0.2, 0.25) is 0 Å². The van der Waals surface area contributed by atoms with Gasteiger partial charge >= 0.3 is 0 Å². The van der Waals surface area contributed by atoms with E-state index < -0.39 is 0 Å². The molecule has 0 aromatic heterocycles. The van der Waals surface area contributed by atoms with Gasteiger partial charge < -0.3 is 4.90 Å². The first-order valence-corrected chi connectivity index (χ1v) is 11.4. The third-order valence-electron chi connectivity index (χ3n) is 6.32. The van der Waals surface area contributed by atoms with Gasteiger partial charge in [0.1, 0.15) is 5.82 Å². The van der Waals surface area contributed by atoms with Gasteiger partial charge in [-0.25, -0.2) is 4.39 Å².